The maximum absolute atomic E-state index is 13.0. The fraction of sp³-hybridized carbons (Fsp3) is 0.333. The Morgan fingerprint density at radius 2 is 1.50 bits per heavy atom. The lowest BCUT2D eigenvalue weighted by Gasteiger charge is -2.25. The van der Waals surface area contributed by atoms with Gasteiger partial charge in [-0.2, -0.15) is 28.1 Å². The molecule has 1 aromatic heterocycles. The molecule has 1 saturated carbocycles. The predicted molar refractivity (Wildman–Crippen MR) is 194 cm³/mol. The second-order valence-electron chi connectivity index (χ2n) is 13.1. The summed E-state index contributed by atoms with van der Waals surface area (Å²) in [5, 5.41) is 14.6. The van der Waals surface area contributed by atoms with E-state index in [0.717, 1.165) is 18.4 Å². The molecule has 54 heavy (non-hydrogen) atoms. The molecule has 4 aromatic rings. The highest BCUT2D eigenvalue weighted by atomic mass is 35.5. The van der Waals surface area contributed by atoms with Crippen LogP contribution >= 0.6 is 11.6 Å². The van der Waals surface area contributed by atoms with Gasteiger partial charge in [-0.05, 0) is 72.4 Å². The summed E-state index contributed by atoms with van der Waals surface area (Å²) in [6.45, 7) is 2.23. The first kappa shape index (κ1) is 39.4. The van der Waals surface area contributed by atoms with E-state index in [2.05, 4.69) is 41.5 Å². The minimum Gasteiger partial charge on any atom is -0.497 e. The third-order valence-corrected chi connectivity index (χ3v) is 8.45. The van der Waals surface area contributed by atoms with Crippen molar-refractivity contribution in [1.29, 1.82) is 0 Å². The number of nitrogens with zero attached hydrogens (tertiary/aromatic N) is 3. The van der Waals surface area contributed by atoms with E-state index in [1.165, 1.54) is 26.4 Å². The summed E-state index contributed by atoms with van der Waals surface area (Å²) < 4.78 is 54.1. The van der Waals surface area contributed by atoms with Crippen molar-refractivity contribution >= 4 is 52.6 Å². The van der Waals surface area contributed by atoms with Gasteiger partial charge in [0.15, 0.2) is 6.61 Å². The van der Waals surface area contributed by atoms with E-state index >= 15 is 0 Å². The number of benzene rings is 3. The third kappa shape index (κ3) is 10.8. The van der Waals surface area contributed by atoms with Crippen LogP contribution in [0.2, 0.25) is 5.02 Å². The first-order chi connectivity index (χ1) is 25.6. The summed E-state index contributed by atoms with van der Waals surface area (Å²) >= 11 is 6.03. The predicted octanol–water partition coefficient (Wildman–Crippen LogP) is 5.84. The number of nitrogens with one attached hydrogen (secondary N) is 5. The molecular weight excluding hydrogens is 733 g/mol. The molecule has 18 heteroatoms. The van der Waals surface area contributed by atoms with Crippen LogP contribution in [0.15, 0.2) is 66.7 Å². The van der Waals surface area contributed by atoms with E-state index in [1.54, 1.807) is 56.3 Å². The summed E-state index contributed by atoms with van der Waals surface area (Å²) in [6, 6.07) is 17.6. The number of methoxy groups -OCH3 is 2. The molecule has 3 amide bonds. The molecule has 0 atom stereocenters. The van der Waals surface area contributed by atoms with Gasteiger partial charge in [-0.15, -0.1) is 0 Å². The SMILES string of the molecule is COc1ccc(NC(=O)C(=O)NCC(C)(C)CNC(=O)c2ccc(Nc3nc(NC4(c5ccc(Cl)cc5)CC4)nc(OCC(F)(F)F)n3)cc2)c(OC)c1. The molecule has 5 N–H and O–H groups in total. The third-order valence-electron chi connectivity index (χ3n) is 8.20. The lowest BCUT2D eigenvalue weighted by atomic mass is 9.93. The van der Waals surface area contributed by atoms with Gasteiger partial charge in [0.05, 0.1) is 25.4 Å². The van der Waals surface area contributed by atoms with Gasteiger partial charge < -0.3 is 40.8 Å². The highest BCUT2D eigenvalue weighted by Crippen LogP contribution is 2.48. The van der Waals surface area contributed by atoms with Crippen LogP contribution in [0, 0.1) is 5.41 Å². The molecule has 5 rings (SSSR count). The zero-order chi connectivity index (χ0) is 39.1. The first-order valence-electron chi connectivity index (χ1n) is 16.5. The Morgan fingerprint density at radius 3 is 2.13 bits per heavy atom. The van der Waals surface area contributed by atoms with Gasteiger partial charge in [0.1, 0.15) is 11.5 Å². The Hall–Kier alpha value is -5.84. The number of anilines is 4. The Labute approximate surface area is 313 Å². The van der Waals surface area contributed by atoms with Gasteiger partial charge >= 0.3 is 24.0 Å². The molecule has 0 bridgehead atoms. The van der Waals surface area contributed by atoms with Crippen LogP contribution in [0.4, 0.5) is 36.4 Å². The van der Waals surface area contributed by atoms with E-state index in [0.29, 0.717) is 27.8 Å². The number of rotatable bonds is 15. The molecule has 1 aliphatic rings. The van der Waals surface area contributed by atoms with Gasteiger partial charge in [-0.3, -0.25) is 14.4 Å². The summed E-state index contributed by atoms with van der Waals surface area (Å²) in [5.41, 5.74) is 0.764. The summed E-state index contributed by atoms with van der Waals surface area (Å²) in [4.78, 5) is 50.4. The van der Waals surface area contributed by atoms with Crippen molar-refractivity contribution in [2.45, 2.75) is 38.4 Å². The Morgan fingerprint density at radius 1 is 0.833 bits per heavy atom. The summed E-state index contributed by atoms with van der Waals surface area (Å²) in [6.07, 6.45) is -3.15. The molecule has 0 saturated heterocycles. The Kier molecular flexibility index (Phi) is 12.0. The summed E-state index contributed by atoms with van der Waals surface area (Å²) in [5.74, 6) is -1.43. The zero-order valence-electron chi connectivity index (χ0n) is 29.7. The highest BCUT2D eigenvalue weighted by molar-refractivity contribution is 6.39. The molecule has 1 aliphatic carbocycles. The topological polar surface area (TPSA) is 178 Å². The number of halogens is 4. The second kappa shape index (κ2) is 16.4. The van der Waals surface area contributed by atoms with Crippen LogP contribution in [-0.4, -0.2) is 72.8 Å². The normalized spacial score (nSPS) is 13.3. The molecule has 0 radical (unpaired) electrons. The van der Waals surface area contributed by atoms with Crippen LogP contribution in [0.25, 0.3) is 0 Å². The lowest BCUT2D eigenvalue weighted by Crippen LogP contribution is -2.45. The molecule has 0 unspecified atom stereocenters. The Balaban J connectivity index is 1.16. The Bertz CT molecular complexity index is 1980. The van der Waals surface area contributed by atoms with Crippen molar-refractivity contribution < 1.29 is 41.8 Å². The van der Waals surface area contributed by atoms with Crippen LogP contribution in [-0.2, 0) is 15.1 Å². The van der Waals surface area contributed by atoms with E-state index in [9.17, 15) is 27.6 Å². The quantitative estimate of drug-likeness (QED) is 0.0918. The average molecular weight is 771 g/mol. The highest BCUT2D eigenvalue weighted by Gasteiger charge is 2.45. The van der Waals surface area contributed by atoms with Crippen molar-refractivity contribution in [2.75, 3.05) is 49.9 Å². The van der Waals surface area contributed by atoms with Crippen LogP contribution in [0.3, 0.4) is 0 Å². The van der Waals surface area contributed by atoms with Crippen molar-refractivity contribution in [3.05, 3.63) is 82.9 Å². The van der Waals surface area contributed by atoms with Crippen molar-refractivity contribution in [2.24, 2.45) is 5.41 Å². The number of aromatic nitrogens is 3. The van der Waals surface area contributed by atoms with Gasteiger partial charge in [0, 0.05) is 35.4 Å². The van der Waals surface area contributed by atoms with E-state index in [1.807, 2.05) is 12.1 Å². The molecule has 3 aromatic carbocycles. The maximum atomic E-state index is 13.0. The number of amides is 3. The number of hydrogen-bond acceptors (Lipinski definition) is 11. The van der Waals surface area contributed by atoms with Crippen molar-refractivity contribution in [3.63, 3.8) is 0 Å². The number of ether oxygens (including phenoxy) is 3. The molecule has 286 valence electrons. The summed E-state index contributed by atoms with van der Waals surface area (Å²) in [7, 11) is 2.91. The number of alkyl halides is 3. The minimum absolute atomic E-state index is 0.00465. The van der Waals surface area contributed by atoms with Crippen molar-refractivity contribution in [1.82, 2.24) is 25.6 Å². The standard InChI is InChI=1S/C36H38ClF3N8O6/c1-34(2,19-42-29(50)30(51)44-26-14-13-25(52-3)17-27(26)53-4)18-41-28(49)21-5-11-24(12-6-21)43-31-45-32(47-33(46-31)54-20-36(38,39)40)48-35(15-16-35)22-7-9-23(37)10-8-22/h5-14,17H,15-16,18-20H2,1-4H3,(H,41,49)(H,42,50)(H,44,51)(H2,43,45,46,47,48). The van der Waals surface area contributed by atoms with Crippen LogP contribution < -0.4 is 40.8 Å². The fourth-order valence-electron chi connectivity index (χ4n) is 5.07. The van der Waals surface area contributed by atoms with E-state index in [4.69, 9.17) is 25.8 Å². The fourth-order valence-corrected chi connectivity index (χ4v) is 5.20. The van der Waals surface area contributed by atoms with E-state index < -0.39 is 47.5 Å². The van der Waals surface area contributed by atoms with Crippen LogP contribution in [0.1, 0.15) is 42.6 Å². The van der Waals surface area contributed by atoms with Gasteiger partial charge in [-0.25, -0.2) is 0 Å². The largest absolute Gasteiger partial charge is 0.497 e. The molecule has 14 nitrogen and oxygen atoms in total. The van der Waals surface area contributed by atoms with Crippen LogP contribution in [0.5, 0.6) is 17.5 Å². The molecule has 1 fully saturated rings. The molecular formula is C36H38ClF3N8O6. The van der Waals surface area contributed by atoms with Gasteiger partial charge in [0.2, 0.25) is 11.9 Å². The average Bonchev–Trinajstić information content (AvgIpc) is 3.92. The number of carbonyl (C=O) groups excluding carboxylic acids is 3. The lowest BCUT2D eigenvalue weighted by molar-refractivity contribution is -0.154. The zero-order valence-corrected chi connectivity index (χ0v) is 30.4. The van der Waals surface area contributed by atoms with Crippen molar-refractivity contribution in [3.8, 4) is 17.5 Å². The molecule has 0 aliphatic heterocycles. The number of carbonyl (C=O) groups is 3. The second-order valence-corrected chi connectivity index (χ2v) is 13.6. The maximum Gasteiger partial charge on any atom is 0.422 e. The van der Waals surface area contributed by atoms with Gasteiger partial charge in [-0.1, -0.05) is 37.6 Å². The molecule has 1 heterocycles. The van der Waals surface area contributed by atoms with E-state index in [-0.39, 0.29) is 30.7 Å². The smallest absolute Gasteiger partial charge is 0.422 e. The minimum atomic E-state index is -4.61. The number of hydrogen-bond donors (Lipinski definition) is 5. The molecule has 0 spiro atoms. The monoisotopic (exact) mass is 770 g/mol. The first-order valence-corrected chi connectivity index (χ1v) is 16.9. The van der Waals surface area contributed by atoms with Gasteiger partial charge in [0.25, 0.3) is 5.91 Å².